The van der Waals surface area contributed by atoms with E-state index >= 15 is 0 Å². The number of pyridine rings is 2. The van der Waals surface area contributed by atoms with Gasteiger partial charge in [0.15, 0.2) is 0 Å². The third kappa shape index (κ3) is 6.77. The Morgan fingerprint density at radius 1 is 0.943 bits per heavy atom. The van der Waals surface area contributed by atoms with E-state index in [1.54, 1.807) is 30.6 Å². The first-order valence-electron chi connectivity index (χ1n) is 11.7. The van der Waals surface area contributed by atoms with Crippen molar-refractivity contribution < 1.29 is 14.7 Å². The van der Waals surface area contributed by atoms with Crippen molar-refractivity contribution in [3.05, 3.63) is 60.0 Å². The Kier molecular flexibility index (Phi) is 9.14. The lowest BCUT2D eigenvalue weighted by molar-refractivity contribution is -0.121. The molecule has 2 heterocycles. The maximum absolute atomic E-state index is 12.4. The van der Waals surface area contributed by atoms with E-state index in [-0.39, 0.29) is 17.6 Å². The molecule has 35 heavy (non-hydrogen) atoms. The maximum atomic E-state index is 12.4. The number of carbonyl (C=O) groups is 2. The Bertz CT molecular complexity index is 1150. The lowest BCUT2D eigenvalue weighted by Gasteiger charge is -2.16. The van der Waals surface area contributed by atoms with Crippen LogP contribution in [0.5, 0.6) is 5.75 Å². The Hall–Kier alpha value is -3.98. The van der Waals surface area contributed by atoms with Crippen molar-refractivity contribution in [3.8, 4) is 28.0 Å². The molecule has 184 valence electrons. The van der Waals surface area contributed by atoms with Crippen LogP contribution in [-0.2, 0) is 11.2 Å². The smallest absolute Gasteiger partial charge is 0.269 e. The third-order valence-corrected chi connectivity index (χ3v) is 5.60. The summed E-state index contributed by atoms with van der Waals surface area (Å²) in [6, 6.07) is 10.4. The van der Waals surface area contributed by atoms with Crippen LogP contribution in [0.4, 0.5) is 5.82 Å². The van der Waals surface area contributed by atoms with Crippen LogP contribution in [0.1, 0.15) is 42.2 Å². The molecule has 0 fully saturated rings. The van der Waals surface area contributed by atoms with E-state index in [0.29, 0.717) is 56.8 Å². The zero-order chi connectivity index (χ0) is 25.2. The highest BCUT2D eigenvalue weighted by Gasteiger charge is 2.16. The topological polar surface area (TPSA) is 156 Å². The fraction of sp³-hybridized carbons (Fsp3) is 0.308. The quantitative estimate of drug-likeness (QED) is 0.266. The van der Waals surface area contributed by atoms with Crippen LogP contribution in [0.15, 0.2) is 48.8 Å². The molecule has 0 aliphatic carbocycles. The largest absolute Gasteiger partial charge is 0.508 e. The molecule has 0 radical (unpaired) electrons. The van der Waals surface area contributed by atoms with Crippen molar-refractivity contribution in [2.45, 2.75) is 32.6 Å². The van der Waals surface area contributed by atoms with Crippen LogP contribution in [0.25, 0.3) is 22.3 Å². The number of aromatic hydroxyl groups is 1. The molecule has 9 heteroatoms. The van der Waals surface area contributed by atoms with Crippen molar-refractivity contribution in [3.63, 3.8) is 0 Å². The van der Waals surface area contributed by atoms with Crippen LogP contribution in [0.2, 0.25) is 0 Å². The van der Waals surface area contributed by atoms with Gasteiger partial charge >= 0.3 is 0 Å². The molecule has 0 saturated carbocycles. The van der Waals surface area contributed by atoms with Gasteiger partial charge < -0.3 is 27.2 Å². The second kappa shape index (κ2) is 12.5. The molecule has 0 spiro atoms. The highest BCUT2D eigenvalue weighted by Crippen LogP contribution is 2.36. The fourth-order valence-corrected chi connectivity index (χ4v) is 3.78. The van der Waals surface area contributed by atoms with E-state index in [1.165, 1.54) is 0 Å². The summed E-state index contributed by atoms with van der Waals surface area (Å²) in [7, 11) is 0. The summed E-state index contributed by atoms with van der Waals surface area (Å²) in [6.45, 7) is 3.45. The summed E-state index contributed by atoms with van der Waals surface area (Å²) in [4.78, 5) is 32.7. The number of phenols is 1. The van der Waals surface area contributed by atoms with Crippen molar-refractivity contribution in [1.29, 1.82) is 0 Å². The molecule has 0 unspecified atom stereocenters. The second-order valence-corrected chi connectivity index (χ2v) is 8.09. The molecule has 0 aliphatic heterocycles. The Morgan fingerprint density at radius 2 is 1.66 bits per heavy atom. The molecule has 7 N–H and O–H groups in total. The van der Waals surface area contributed by atoms with E-state index in [1.807, 2.05) is 25.1 Å². The average Bonchev–Trinajstić information content (AvgIpc) is 2.87. The Labute approximate surface area is 205 Å². The molecule has 3 rings (SSSR count). The van der Waals surface area contributed by atoms with Gasteiger partial charge in [0.1, 0.15) is 17.3 Å². The van der Waals surface area contributed by atoms with Gasteiger partial charge in [0, 0.05) is 48.6 Å². The second-order valence-electron chi connectivity index (χ2n) is 8.09. The van der Waals surface area contributed by atoms with Crippen molar-refractivity contribution in [2.75, 3.05) is 25.4 Å². The summed E-state index contributed by atoms with van der Waals surface area (Å²) in [5, 5.41) is 15.2. The van der Waals surface area contributed by atoms with E-state index in [4.69, 9.17) is 11.5 Å². The molecule has 2 aromatic heterocycles. The van der Waals surface area contributed by atoms with Gasteiger partial charge in [-0.2, -0.15) is 0 Å². The summed E-state index contributed by atoms with van der Waals surface area (Å²) < 4.78 is 0. The zero-order valence-corrected chi connectivity index (χ0v) is 19.9. The van der Waals surface area contributed by atoms with E-state index in [2.05, 4.69) is 20.6 Å². The summed E-state index contributed by atoms with van der Waals surface area (Å²) in [6.07, 6.45) is 5.78. The molecule has 0 saturated heterocycles. The number of anilines is 1. The number of rotatable bonds is 11. The number of nitrogen functional groups attached to an aromatic ring is 1. The lowest BCUT2D eigenvalue weighted by atomic mass is 9.92. The fourth-order valence-electron chi connectivity index (χ4n) is 3.78. The highest BCUT2D eigenvalue weighted by atomic mass is 16.3. The maximum Gasteiger partial charge on any atom is 0.269 e. The number of hydrogen-bond acceptors (Lipinski definition) is 7. The molecule has 0 bridgehead atoms. The standard InChI is InChI=1S/C26H32N6O3/c1-2-20-21(16-32-25(28)24(20)17-6-9-19(33)10-7-17)18-8-11-22(31-15-18)26(35)30-14-4-13-29-23(34)5-3-12-27/h6-11,15-16,33H,2-5,12-14,27H2,1H3,(H2,28,32)(H,29,34)(H,30,35). The number of nitrogens with zero attached hydrogens (tertiary/aromatic N) is 2. The minimum absolute atomic E-state index is 0.0313. The number of nitrogens with two attached hydrogens (primary N) is 2. The van der Waals surface area contributed by atoms with Crippen molar-refractivity contribution in [2.24, 2.45) is 5.73 Å². The van der Waals surface area contributed by atoms with Gasteiger partial charge in [-0.05, 0) is 55.1 Å². The van der Waals surface area contributed by atoms with Crippen LogP contribution in [0.3, 0.4) is 0 Å². The molecule has 3 aromatic rings. The van der Waals surface area contributed by atoms with E-state index in [0.717, 1.165) is 27.8 Å². The van der Waals surface area contributed by atoms with Gasteiger partial charge in [-0.1, -0.05) is 25.1 Å². The van der Waals surface area contributed by atoms with Gasteiger partial charge in [0.2, 0.25) is 5.91 Å². The number of carbonyl (C=O) groups excluding carboxylic acids is 2. The van der Waals surface area contributed by atoms with E-state index < -0.39 is 0 Å². The first kappa shape index (κ1) is 25.6. The van der Waals surface area contributed by atoms with Crippen LogP contribution < -0.4 is 22.1 Å². The summed E-state index contributed by atoms with van der Waals surface area (Å²) in [5.41, 5.74) is 16.3. The predicted molar refractivity (Wildman–Crippen MR) is 137 cm³/mol. The predicted octanol–water partition coefficient (Wildman–Crippen LogP) is 2.64. The highest BCUT2D eigenvalue weighted by molar-refractivity contribution is 5.92. The first-order valence-corrected chi connectivity index (χ1v) is 11.7. The van der Waals surface area contributed by atoms with Crippen LogP contribution in [0, 0.1) is 0 Å². The average molecular weight is 477 g/mol. The van der Waals surface area contributed by atoms with E-state index in [9.17, 15) is 14.7 Å². The molecular formula is C26H32N6O3. The van der Waals surface area contributed by atoms with Crippen molar-refractivity contribution in [1.82, 2.24) is 20.6 Å². The zero-order valence-electron chi connectivity index (χ0n) is 19.9. The molecule has 1 aromatic carbocycles. The summed E-state index contributed by atoms with van der Waals surface area (Å²) in [5.74, 6) is 0.286. The van der Waals surface area contributed by atoms with Gasteiger partial charge in [-0.3, -0.25) is 14.6 Å². The number of amides is 2. The molecule has 9 nitrogen and oxygen atoms in total. The van der Waals surface area contributed by atoms with Crippen LogP contribution >= 0.6 is 0 Å². The van der Waals surface area contributed by atoms with Gasteiger partial charge in [-0.25, -0.2) is 4.98 Å². The van der Waals surface area contributed by atoms with Gasteiger partial charge in [0.05, 0.1) is 0 Å². The minimum atomic E-state index is -0.276. The van der Waals surface area contributed by atoms with Gasteiger partial charge in [-0.15, -0.1) is 0 Å². The number of hydrogen-bond donors (Lipinski definition) is 5. The van der Waals surface area contributed by atoms with Gasteiger partial charge in [0.25, 0.3) is 5.91 Å². The van der Waals surface area contributed by atoms with Crippen molar-refractivity contribution >= 4 is 17.6 Å². The number of nitrogens with one attached hydrogen (secondary N) is 2. The monoisotopic (exact) mass is 476 g/mol. The number of aromatic nitrogens is 2. The molecule has 0 atom stereocenters. The minimum Gasteiger partial charge on any atom is -0.508 e. The number of phenolic OH excluding ortho intramolecular Hbond substituents is 1. The SMILES string of the molecule is CCc1c(-c2ccc(C(=O)NCCCNC(=O)CCCN)nc2)cnc(N)c1-c1ccc(O)cc1. The number of benzene rings is 1. The first-order chi connectivity index (χ1) is 16.9. The Balaban J connectivity index is 1.66. The Morgan fingerprint density at radius 3 is 2.31 bits per heavy atom. The normalized spacial score (nSPS) is 10.7. The third-order valence-electron chi connectivity index (χ3n) is 5.60. The molecular weight excluding hydrogens is 444 g/mol. The molecule has 0 aliphatic rings. The summed E-state index contributed by atoms with van der Waals surface area (Å²) >= 11 is 0. The molecule has 2 amide bonds. The van der Waals surface area contributed by atoms with Crippen LogP contribution in [-0.4, -0.2) is 46.5 Å². The lowest BCUT2D eigenvalue weighted by Crippen LogP contribution is -2.30.